The van der Waals surface area contributed by atoms with E-state index >= 15 is 0 Å². The van der Waals surface area contributed by atoms with Crippen molar-refractivity contribution in [2.75, 3.05) is 0 Å². The highest BCUT2D eigenvalue weighted by atomic mass is 14.0. The molecule has 0 spiro atoms. The van der Waals surface area contributed by atoms with Gasteiger partial charge < -0.3 is 0 Å². The minimum Gasteiger partial charge on any atom is -0.0812 e. The van der Waals surface area contributed by atoms with Crippen LogP contribution in [0.2, 0.25) is 0 Å². The lowest BCUT2D eigenvalue weighted by Gasteiger charge is -1.47. The van der Waals surface area contributed by atoms with Crippen molar-refractivity contribution >= 4 is 0 Å². The standard InChI is InChI=1S/C4H6.N/c1-4-2-3-4;/h2H,3H2,1H3;. The van der Waals surface area contributed by atoms with Crippen molar-refractivity contribution in [1.82, 2.24) is 6.15 Å². The molecular formula is C4H6N. The van der Waals surface area contributed by atoms with E-state index in [1.165, 1.54) is 6.42 Å². The van der Waals surface area contributed by atoms with Gasteiger partial charge in [-0.2, -0.15) is 0 Å². The van der Waals surface area contributed by atoms with Gasteiger partial charge in [0.15, 0.2) is 0 Å². The van der Waals surface area contributed by atoms with E-state index in [4.69, 9.17) is 0 Å². The number of hydrogen-bond donors (Lipinski definition) is 0. The molecule has 0 N–H and O–H groups in total. The second kappa shape index (κ2) is 1.22. The van der Waals surface area contributed by atoms with Crippen molar-refractivity contribution in [3.05, 3.63) is 11.6 Å². The van der Waals surface area contributed by atoms with Crippen molar-refractivity contribution in [3.8, 4) is 0 Å². The Morgan fingerprint density at radius 2 is 2.00 bits per heavy atom. The van der Waals surface area contributed by atoms with Gasteiger partial charge in [0.25, 0.3) is 0 Å². The lowest BCUT2D eigenvalue weighted by molar-refractivity contribution is 1.48. The summed E-state index contributed by atoms with van der Waals surface area (Å²) in [7, 11) is 0. The Morgan fingerprint density at radius 3 is 2.00 bits per heavy atom. The molecule has 27 valence electrons. The largest absolute Gasteiger partial charge is 0.0812 e. The van der Waals surface area contributed by atoms with Crippen LogP contribution in [0, 0.1) is 0 Å². The number of allylic oxidation sites excluding steroid dienone is 2. The minimum absolute atomic E-state index is 0. The normalized spacial score (nSPS) is 15.8. The molecule has 0 saturated carbocycles. The van der Waals surface area contributed by atoms with Gasteiger partial charge in [0, 0.05) is 6.15 Å². The molecule has 3 radical (unpaired) electrons. The molecular weight excluding hydrogens is 62.1 g/mol. The Kier molecular flexibility index (Phi) is 1.15. The summed E-state index contributed by atoms with van der Waals surface area (Å²) in [5.41, 5.74) is 1.54. The third-order valence-electron chi connectivity index (χ3n) is 0.612. The van der Waals surface area contributed by atoms with Gasteiger partial charge in [-0.15, -0.1) is 0 Å². The molecule has 0 saturated heterocycles. The topological polar surface area (TPSA) is 30.5 Å². The van der Waals surface area contributed by atoms with E-state index in [9.17, 15) is 0 Å². The number of nitrogens with zero attached hydrogens (tertiary/aromatic N) is 1. The molecule has 0 bridgehead atoms. The summed E-state index contributed by atoms with van der Waals surface area (Å²) < 4.78 is 0. The molecule has 1 nitrogen and oxygen atoms in total. The zero-order chi connectivity index (χ0) is 2.99. The van der Waals surface area contributed by atoms with Gasteiger partial charge in [0.1, 0.15) is 0 Å². The zero-order valence-electron chi connectivity index (χ0n) is 3.23. The molecule has 0 unspecified atom stereocenters. The van der Waals surface area contributed by atoms with Crippen molar-refractivity contribution in [1.29, 1.82) is 0 Å². The first kappa shape index (κ1) is 4.70. The van der Waals surface area contributed by atoms with Crippen molar-refractivity contribution < 1.29 is 0 Å². The van der Waals surface area contributed by atoms with E-state index in [2.05, 4.69) is 13.0 Å². The van der Waals surface area contributed by atoms with Crippen LogP contribution >= 0.6 is 0 Å². The molecule has 1 aliphatic carbocycles. The van der Waals surface area contributed by atoms with Crippen LogP contribution in [0.15, 0.2) is 11.6 Å². The van der Waals surface area contributed by atoms with Crippen LogP contribution in [0.1, 0.15) is 13.3 Å². The van der Waals surface area contributed by atoms with Gasteiger partial charge >= 0.3 is 0 Å². The predicted octanol–water partition coefficient (Wildman–Crippen LogP) is 0.856. The maximum absolute atomic E-state index is 2.21. The second-order valence-electron chi connectivity index (χ2n) is 1.25. The van der Waals surface area contributed by atoms with Crippen LogP contribution in [0.25, 0.3) is 0 Å². The van der Waals surface area contributed by atoms with Gasteiger partial charge in [-0.25, -0.2) is 0 Å². The van der Waals surface area contributed by atoms with Gasteiger partial charge in [-0.1, -0.05) is 11.6 Å². The van der Waals surface area contributed by atoms with E-state index in [1.54, 1.807) is 5.57 Å². The molecule has 0 aromatic heterocycles. The fourth-order valence-electron chi connectivity index (χ4n) is 0.102. The summed E-state index contributed by atoms with van der Waals surface area (Å²) in [6, 6.07) is 0. The quantitative estimate of drug-likeness (QED) is 0.377. The van der Waals surface area contributed by atoms with Crippen LogP contribution in [-0.2, 0) is 0 Å². The Labute approximate surface area is 32.3 Å². The molecule has 0 aliphatic heterocycles. The van der Waals surface area contributed by atoms with Gasteiger partial charge in [-0.3, -0.25) is 0 Å². The van der Waals surface area contributed by atoms with E-state index in [1.807, 2.05) is 0 Å². The van der Waals surface area contributed by atoms with Crippen LogP contribution < -0.4 is 6.15 Å². The Balaban J connectivity index is 0.000000160. The molecule has 0 atom stereocenters. The first-order valence-corrected chi connectivity index (χ1v) is 1.55. The van der Waals surface area contributed by atoms with Crippen LogP contribution in [0.4, 0.5) is 0 Å². The highest BCUT2D eigenvalue weighted by molar-refractivity contribution is 5.17. The summed E-state index contributed by atoms with van der Waals surface area (Å²) in [5.74, 6) is 0. The fraction of sp³-hybridized carbons (Fsp3) is 0.500. The predicted molar refractivity (Wildman–Crippen MR) is 20.5 cm³/mol. The lowest BCUT2D eigenvalue weighted by Crippen LogP contribution is -1.26. The Hall–Kier alpha value is -0.300. The van der Waals surface area contributed by atoms with Crippen molar-refractivity contribution in [2.24, 2.45) is 0 Å². The molecule has 1 aliphatic rings. The average Bonchev–Trinajstić information content (AvgIpc) is 1.75. The third-order valence-corrected chi connectivity index (χ3v) is 0.612. The monoisotopic (exact) mass is 68.1 g/mol. The first-order valence-electron chi connectivity index (χ1n) is 1.55. The van der Waals surface area contributed by atoms with Gasteiger partial charge in [-0.05, 0) is 13.3 Å². The molecule has 0 aromatic carbocycles. The summed E-state index contributed by atoms with van der Waals surface area (Å²) in [5, 5.41) is 0. The average molecular weight is 68.1 g/mol. The lowest BCUT2D eigenvalue weighted by atomic mass is 10.6. The van der Waals surface area contributed by atoms with E-state index in [0.29, 0.717) is 0 Å². The molecule has 5 heavy (non-hydrogen) atoms. The first-order chi connectivity index (χ1) is 1.89. The number of hydrogen-bond acceptors (Lipinski definition) is 0. The van der Waals surface area contributed by atoms with Crippen molar-refractivity contribution in [2.45, 2.75) is 13.3 Å². The molecule has 1 rings (SSSR count). The van der Waals surface area contributed by atoms with Crippen molar-refractivity contribution in [3.63, 3.8) is 0 Å². The second-order valence-corrected chi connectivity index (χ2v) is 1.25. The highest BCUT2D eigenvalue weighted by Crippen LogP contribution is 2.14. The SMILES string of the molecule is CC1=CC1.[N]. The van der Waals surface area contributed by atoms with E-state index < -0.39 is 0 Å². The third kappa shape index (κ3) is 1.47. The van der Waals surface area contributed by atoms with E-state index in [0.717, 1.165) is 0 Å². The molecule has 0 fully saturated rings. The zero-order valence-corrected chi connectivity index (χ0v) is 3.23. The van der Waals surface area contributed by atoms with Gasteiger partial charge in [0.2, 0.25) is 0 Å². The summed E-state index contributed by atoms with van der Waals surface area (Å²) in [6.07, 6.45) is 3.49. The van der Waals surface area contributed by atoms with Crippen LogP contribution in [-0.4, -0.2) is 0 Å². The Morgan fingerprint density at radius 1 is 1.80 bits per heavy atom. The summed E-state index contributed by atoms with van der Waals surface area (Å²) in [4.78, 5) is 0. The smallest absolute Gasteiger partial charge is 0 e. The summed E-state index contributed by atoms with van der Waals surface area (Å²) in [6.45, 7) is 2.14. The van der Waals surface area contributed by atoms with Gasteiger partial charge in [0.05, 0.1) is 0 Å². The van der Waals surface area contributed by atoms with Crippen LogP contribution in [0.3, 0.4) is 0 Å². The molecule has 0 heterocycles. The van der Waals surface area contributed by atoms with Crippen LogP contribution in [0.5, 0.6) is 0 Å². The highest BCUT2D eigenvalue weighted by Gasteiger charge is 1.94. The molecule has 0 aromatic rings. The molecule has 0 amide bonds. The summed E-state index contributed by atoms with van der Waals surface area (Å²) >= 11 is 0. The fourth-order valence-corrected chi connectivity index (χ4v) is 0.102. The van der Waals surface area contributed by atoms with E-state index in [-0.39, 0.29) is 6.15 Å². The Bertz CT molecular complexity index is 54.7. The minimum atomic E-state index is 0. The maximum atomic E-state index is 2.21. The molecule has 1 heteroatoms. The maximum Gasteiger partial charge on any atom is 0 e. The number of rotatable bonds is 0.